The molecule has 3 nitrogen and oxygen atoms in total. The molecule has 2 heterocycles. The van der Waals surface area contributed by atoms with Crippen LogP contribution in [-0.4, -0.2) is 43.5 Å². The minimum absolute atomic E-state index is 0.274. The van der Waals surface area contributed by atoms with Crippen molar-refractivity contribution in [1.82, 2.24) is 4.90 Å². The van der Waals surface area contributed by atoms with E-state index in [0.717, 1.165) is 51.3 Å². The second-order valence-corrected chi connectivity index (χ2v) is 5.05. The van der Waals surface area contributed by atoms with E-state index in [1.165, 1.54) is 0 Å². The van der Waals surface area contributed by atoms with Crippen LogP contribution < -0.4 is 0 Å². The zero-order valence-electron chi connectivity index (χ0n) is 11.1. The number of ether oxygens (including phenoxy) is 2. The van der Waals surface area contributed by atoms with Gasteiger partial charge in [-0.2, -0.15) is 0 Å². The Hall–Kier alpha value is -1.34. The van der Waals surface area contributed by atoms with E-state index in [2.05, 4.69) is 16.7 Å². The molecule has 100 valence electrons. The van der Waals surface area contributed by atoms with Gasteiger partial charge in [-0.3, -0.25) is 4.90 Å². The molecule has 0 aliphatic carbocycles. The zero-order chi connectivity index (χ0) is 13.0. The SMILES string of the molecule is C(#Cc1ccccc1)CN1CCC2(CC1)OCCO2. The summed E-state index contributed by atoms with van der Waals surface area (Å²) in [5.41, 5.74) is 1.08. The van der Waals surface area contributed by atoms with Crippen LogP contribution in [0.3, 0.4) is 0 Å². The number of nitrogens with zero attached hydrogens (tertiary/aromatic N) is 1. The monoisotopic (exact) mass is 257 g/mol. The van der Waals surface area contributed by atoms with Crippen LogP contribution in [-0.2, 0) is 9.47 Å². The highest BCUT2D eigenvalue weighted by Crippen LogP contribution is 2.30. The van der Waals surface area contributed by atoms with Crippen LogP contribution in [0.4, 0.5) is 0 Å². The largest absolute Gasteiger partial charge is 0.347 e. The first-order chi connectivity index (χ1) is 9.36. The molecule has 0 bridgehead atoms. The van der Waals surface area contributed by atoms with Crippen molar-refractivity contribution in [3.8, 4) is 11.8 Å². The third-order valence-corrected chi connectivity index (χ3v) is 3.74. The van der Waals surface area contributed by atoms with Crippen molar-refractivity contribution < 1.29 is 9.47 Å². The fraction of sp³-hybridized carbons (Fsp3) is 0.500. The third kappa shape index (κ3) is 3.16. The molecule has 1 spiro atoms. The number of piperidine rings is 1. The lowest BCUT2D eigenvalue weighted by Crippen LogP contribution is -2.45. The molecule has 1 aromatic rings. The van der Waals surface area contributed by atoms with Crippen molar-refractivity contribution in [2.24, 2.45) is 0 Å². The molecule has 2 aliphatic heterocycles. The summed E-state index contributed by atoms with van der Waals surface area (Å²) in [6, 6.07) is 10.1. The van der Waals surface area contributed by atoms with E-state index in [1.807, 2.05) is 30.3 Å². The van der Waals surface area contributed by atoms with Gasteiger partial charge in [0.05, 0.1) is 19.8 Å². The second-order valence-electron chi connectivity index (χ2n) is 5.05. The molecule has 0 amide bonds. The summed E-state index contributed by atoms with van der Waals surface area (Å²) in [4.78, 5) is 2.37. The summed E-state index contributed by atoms with van der Waals surface area (Å²) in [7, 11) is 0. The Labute approximate surface area is 114 Å². The lowest BCUT2D eigenvalue weighted by Gasteiger charge is -2.36. The molecule has 0 atom stereocenters. The lowest BCUT2D eigenvalue weighted by atomic mass is 10.0. The van der Waals surface area contributed by atoms with E-state index in [0.29, 0.717) is 0 Å². The number of benzene rings is 1. The van der Waals surface area contributed by atoms with Crippen LogP contribution in [0, 0.1) is 11.8 Å². The molecule has 0 saturated carbocycles. The summed E-state index contributed by atoms with van der Waals surface area (Å²) in [5.74, 6) is 6.17. The Kier molecular flexibility index (Phi) is 3.84. The second kappa shape index (κ2) is 5.75. The van der Waals surface area contributed by atoms with Gasteiger partial charge in [0, 0.05) is 31.5 Å². The number of rotatable bonds is 1. The molecular formula is C16H19NO2. The average Bonchev–Trinajstić information content (AvgIpc) is 2.91. The molecule has 2 saturated heterocycles. The highest BCUT2D eigenvalue weighted by Gasteiger charge is 2.39. The Bertz CT molecular complexity index is 459. The fourth-order valence-corrected chi connectivity index (χ4v) is 2.61. The minimum Gasteiger partial charge on any atom is -0.347 e. The summed E-state index contributed by atoms with van der Waals surface area (Å²) in [6.45, 7) is 4.32. The van der Waals surface area contributed by atoms with Crippen molar-refractivity contribution in [2.75, 3.05) is 32.8 Å². The molecular weight excluding hydrogens is 238 g/mol. The maximum absolute atomic E-state index is 5.72. The molecule has 0 aromatic heterocycles. The minimum atomic E-state index is -0.274. The predicted octanol–water partition coefficient (Wildman–Crippen LogP) is 1.88. The summed E-state index contributed by atoms with van der Waals surface area (Å²) >= 11 is 0. The van der Waals surface area contributed by atoms with Crippen molar-refractivity contribution in [2.45, 2.75) is 18.6 Å². The smallest absolute Gasteiger partial charge is 0.170 e. The molecule has 3 heteroatoms. The number of hydrogen-bond acceptors (Lipinski definition) is 3. The van der Waals surface area contributed by atoms with Crippen LogP contribution in [0.25, 0.3) is 0 Å². The standard InChI is InChI=1S/C16H19NO2/c1-2-5-15(6-3-1)7-4-10-17-11-8-16(9-12-17)18-13-14-19-16/h1-3,5-6H,8-14H2. The molecule has 1 aromatic carbocycles. The van der Waals surface area contributed by atoms with E-state index in [-0.39, 0.29) is 5.79 Å². The van der Waals surface area contributed by atoms with E-state index in [1.54, 1.807) is 0 Å². The Morgan fingerprint density at radius 3 is 2.42 bits per heavy atom. The van der Waals surface area contributed by atoms with E-state index in [4.69, 9.17) is 9.47 Å². The molecule has 0 unspecified atom stereocenters. The van der Waals surface area contributed by atoms with E-state index < -0.39 is 0 Å². The highest BCUT2D eigenvalue weighted by molar-refractivity contribution is 5.33. The maximum Gasteiger partial charge on any atom is 0.170 e. The quantitative estimate of drug-likeness (QED) is 0.717. The molecule has 0 N–H and O–H groups in total. The Balaban J connectivity index is 1.49. The number of likely N-dealkylation sites (tertiary alicyclic amines) is 1. The first-order valence-corrected chi connectivity index (χ1v) is 6.91. The Morgan fingerprint density at radius 2 is 1.74 bits per heavy atom. The molecule has 3 rings (SSSR count). The Morgan fingerprint density at radius 1 is 1.05 bits per heavy atom. The van der Waals surface area contributed by atoms with Crippen LogP contribution in [0.15, 0.2) is 30.3 Å². The summed E-state index contributed by atoms with van der Waals surface area (Å²) < 4.78 is 11.4. The normalized spacial score (nSPS) is 22.1. The van der Waals surface area contributed by atoms with Crippen molar-refractivity contribution >= 4 is 0 Å². The van der Waals surface area contributed by atoms with Gasteiger partial charge in [0.15, 0.2) is 5.79 Å². The maximum atomic E-state index is 5.72. The topological polar surface area (TPSA) is 21.7 Å². The molecule has 2 aliphatic rings. The van der Waals surface area contributed by atoms with E-state index >= 15 is 0 Å². The van der Waals surface area contributed by atoms with Gasteiger partial charge in [-0.1, -0.05) is 30.0 Å². The predicted molar refractivity (Wildman–Crippen MR) is 73.6 cm³/mol. The lowest BCUT2D eigenvalue weighted by molar-refractivity contribution is -0.184. The van der Waals surface area contributed by atoms with E-state index in [9.17, 15) is 0 Å². The average molecular weight is 257 g/mol. The summed E-state index contributed by atoms with van der Waals surface area (Å²) in [5, 5.41) is 0. The first-order valence-electron chi connectivity index (χ1n) is 6.91. The van der Waals surface area contributed by atoms with Crippen LogP contribution >= 0.6 is 0 Å². The first kappa shape index (κ1) is 12.7. The van der Waals surface area contributed by atoms with Gasteiger partial charge in [-0.25, -0.2) is 0 Å². The third-order valence-electron chi connectivity index (χ3n) is 3.74. The highest BCUT2D eigenvalue weighted by atomic mass is 16.7. The van der Waals surface area contributed by atoms with Crippen LogP contribution in [0.1, 0.15) is 18.4 Å². The van der Waals surface area contributed by atoms with Gasteiger partial charge in [0.2, 0.25) is 0 Å². The van der Waals surface area contributed by atoms with Gasteiger partial charge in [-0.15, -0.1) is 0 Å². The molecule has 0 radical (unpaired) electrons. The fourth-order valence-electron chi connectivity index (χ4n) is 2.61. The van der Waals surface area contributed by atoms with Gasteiger partial charge in [0.25, 0.3) is 0 Å². The van der Waals surface area contributed by atoms with Crippen LogP contribution in [0.2, 0.25) is 0 Å². The zero-order valence-corrected chi connectivity index (χ0v) is 11.1. The summed E-state index contributed by atoms with van der Waals surface area (Å²) in [6.07, 6.45) is 1.92. The van der Waals surface area contributed by atoms with Gasteiger partial charge >= 0.3 is 0 Å². The van der Waals surface area contributed by atoms with Crippen LogP contribution in [0.5, 0.6) is 0 Å². The van der Waals surface area contributed by atoms with Gasteiger partial charge in [-0.05, 0) is 12.1 Å². The van der Waals surface area contributed by atoms with Gasteiger partial charge in [0.1, 0.15) is 0 Å². The van der Waals surface area contributed by atoms with Crippen molar-refractivity contribution in [3.05, 3.63) is 35.9 Å². The van der Waals surface area contributed by atoms with Gasteiger partial charge < -0.3 is 9.47 Å². The molecule has 2 fully saturated rings. The van der Waals surface area contributed by atoms with Crippen molar-refractivity contribution in [3.63, 3.8) is 0 Å². The van der Waals surface area contributed by atoms with Crippen molar-refractivity contribution in [1.29, 1.82) is 0 Å². The molecule has 19 heavy (non-hydrogen) atoms. The number of hydrogen-bond donors (Lipinski definition) is 0.